The molecule has 2 heterocycles. The minimum Gasteiger partial charge on any atom is -0.457 e. The summed E-state index contributed by atoms with van der Waals surface area (Å²) in [6, 6.07) is 39.8. The van der Waals surface area contributed by atoms with Gasteiger partial charge in [-0.3, -0.25) is 0 Å². The average molecular weight is 627 g/mol. The smallest absolute Gasteiger partial charge is 0.343 e. The summed E-state index contributed by atoms with van der Waals surface area (Å²) in [5.74, 6) is 0.783. The number of rotatable bonds is 8. The molecule has 7 nitrogen and oxygen atoms in total. The van der Waals surface area contributed by atoms with Gasteiger partial charge >= 0.3 is 5.63 Å². The Morgan fingerprint density at radius 1 is 0.667 bits per heavy atom. The number of anilines is 4. The second kappa shape index (κ2) is 14.1. The van der Waals surface area contributed by atoms with Crippen molar-refractivity contribution in [1.82, 2.24) is 0 Å². The largest absolute Gasteiger partial charge is 0.457 e. The van der Waals surface area contributed by atoms with E-state index in [-0.39, 0.29) is 5.57 Å². The van der Waals surface area contributed by atoms with Crippen molar-refractivity contribution in [2.45, 2.75) is 0 Å². The van der Waals surface area contributed by atoms with Gasteiger partial charge in [-0.05, 0) is 90.5 Å². The van der Waals surface area contributed by atoms with E-state index < -0.39 is 5.63 Å². The van der Waals surface area contributed by atoms with Gasteiger partial charge in [0.25, 0.3) is 0 Å². The SMILES string of the molecule is CN(C)c1ccc2cc(/C=C/C3=CC(=C(C#N)C#N)C=C(/C=C/c4ccc(N(c5ccccc5)c5ccccc5)cc4)O3)c(=O)oc2c1. The molecule has 0 atom stereocenters. The monoisotopic (exact) mass is 626 g/mol. The molecule has 0 N–H and O–H groups in total. The van der Waals surface area contributed by atoms with Crippen molar-refractivity contribution in [2.75, 3.05) is 23.9 Å². The molecule has 5 aromatic rings. The van der Waals surface area contributed by atoms with E-state index in [9.17, 15) is 15.3 Å². The highest BCUT2D eigenvalue weighted by molar-refractivity contribution is 5.82. The maximum atomic E-state index is 12.8. The van der Waals surface area contributed by atoms with Crippen LogP contribution in [0.2, 0.25) is 0 Å². The number of nitriles is 2. The highest BCUT2D eigenvalue weighted by Crippen LogP contribution is 2.34. The summed E-state index contributed by atoms with van der Waals surface area (Å²) in [5, 5.41) is 19.9. The van der Waals surface area contributed by atoms with E-state index in [4.69, 9.17) is 9.15 Å². The quantitative estimate of drug-likeness (QED) is 0.125. The number of allylic oxidation sites excluding steroid dienone is 6. The first kappa shape index (κ1) is 31.2. The fraction of sp³-hybridized carbons (Fsp3) is 0.0488. The van der Waals surface area contributed by atoms with Gasteiger partial charge in [0.2, 0.25) is 0 Å². The highest BCUT2D eigenvalue weighted by atomic mass is 16.5. The molecule has 0 spiro atoms. The highest BCUT2D eigenvalue weighted by Gasteiger charge is 2.14. The number of ether oxygens (including phenoxy) is 1. The maximum absolute atomic E-state index is 12.8. The van der Waals surface area contributed by atoms with Crippen LogP contribution in [0.1, 0.15) is 11.1 Å². The van der Waals surface area contributed by atoms with Crippen molar-refractivity contribution in [3.63, 3.8) is 0 Å². The lowest BCUT2D eigenvalue weighted by molar-refractivity contribution is 0.332. The van der Waals surface area contributed by atoms with E-state index in [1.807, 2.05) is 104 Å². The second-order valence-electron chi connectivity index (χ2n) is 11.1. The molecular formula is C41H30N4O3. The molecule has 0 radical (unpaired) electrons. The molecule has 0 fully saturated rings. The summed E-state index contributed by atoms with van der Waals surface area (Å²) in [6.45, 7) is 0. The van der Waals surface area contributed by atoms with Crippen LogP contribution >= 0.6 is 0 Å². The standard InChI is InChI=1S/C41H30N4O3/c1-44(2)37-20-16-30-23-31(41(46)48-40(30)26-37)17-22-39-25-32(33(27-42)28-43)24-38(47-39)21-15-29-13-18-36(19-14-29)45(34-9-5-3-6-10-34)35-11-7-4-8-12-35/h3-26H,1-2H3/b21-15+,22-17+. The topological polar surface area (TPSA) is 93.5 Å². The third kappa shape index (κ3) is 7.02. The van der Waals surface area contributed by atoms with Gasteiger partial charge in [-0.1, -0.05) is 54.6 Å². The molecule has 1 aliphatic rings. The number of hydrogen-bond acceptors (Lipinski definition) is 7. The van der Waals surface area contributed by atoms with Crippen molar-refractivity contribution in [2.24, 2.45) is 0 Å². The Kier molecular flexibility index (Phi) is 9.14. The van der Waals surface area contributed by atoms with Crippen LogP contribution in [0.5, 0.6) is 0 Å². The third-order valence-electron chi connectivity index (χ3n) is 7.65. The van der Waals surface area contributed by atoms with Gasteiger partial charge in [0.15, 0.2) is 0 Å². The average Bonchev–Trinajstić information content (AvgIpc) is 3.11. The Morgan fingerprint density at radius 3 is 1.81 bits per heavy atom. The first-order chi connectivity index (χ1) is 23.4. The Bertz CT molecular complexity index is 2210. The zero-order chi connectivity index (χ0) is 33.5. The van der Waals surface area contributed by atoms with E-state index >= 15 is 0 Å². The molecule has 1 aliphatic heterocycles. The van der Waals surface area contributed by atoms with Crippen LogP contribution in [0.25, 0.3) is 23.1 Å². The van der Waals surface area contributed by atoms with Crippen LogP contribution in [0.15, 0.2) is 165 Å². The minimum atomic E-state index is -0.492. The van der Waals surface area contributed by atoms with Crippen LogP contribution in [0.3, 0.4) is 0 Å². The second-order valence-corrected chi connectivity index (χ2v) is 11.1. The van der Waals surface area contributed by atoms with Crippen LogP contribution in [-0.4, -0.2) is 14.1 Å². The van der Waals surface area contributed by atoms with Gasteiger partial charge in [0.05, 0.1) is 5.56 Å². The van der Waals surface area contributed by atoms with Crippen LogP contribution in [0.4, 0.5) is 22.7 Å². The molecule has 0 bridgehead atoms. The summed E-state index contributed by atoms with van der Waals surface area (Å²) in [7, 11) is 3.84. The molecule has 4 aromatic carbocycles. The van der Waals surface area contributed by atoms with Crippen molar-refractivity contribution >= 4 is 45.9 Å². The molecule has 1 aromatic heterocycles. The number of para-hydroxylation sites is 2. The summed E-state index contributed by atoms with van der Waals surface area (Å²) in [5.41, 5.74) is 5.63. The van der Waals surface area contributed by atoms with E-state index in [1.165, 1.54) is 0 Å². The summed E-state index contributed by atoms with van der Waals surface area (Å²) >= 11 is 0. The van der Waals surface area contributed by atoms with Crippen LogP contribution < -0.4 is 15.4 Å². The lowest BCUT2D eigenvalue weighted by atomic mass is 10.1. The van der Waals surface area contributed by atoms with Gasteiger partial charge in [-0.2, -0.15) is 10.5 Å². The summed E-state index contributed by atoms with van der Waals surface area (Å²) in [4.78, 5) is 16.9. The van der Waals surface area contributed by atoms with Crippen LogP contribution in [0, 0.1) is 22.7 Å². The molecule has 0 unspecified atom stereocenters. The van der Waals surface area contributed by atoms with Crippen molar-refractivity contribution < 1.29 is 9.15 Å². The fourth-order valence-electron chi connectivity index (χ4n) is 5.20. The minimum absolute atomic E-state index is 0.0525. The van der Waals surface area contributed by atoms with Gasteiger partial charge in [0, 0.05) is 53.9 Å². The Labute approximate surface area is 278 Å². The Balaban J connectivity index is 1.25. The molecule has 7 heteroatoms. The van der Waals surface area contributed by atoms with Crippen molar-refractivity contribution in [1.29, 1.82) is 10.5 Å². The first-order valence-electron chi connectivity index (χ1n) is 15.2. The van der Waals surface area contributed by atoms with Gasteiger partial charge in [-0.25, -0.2) is 4.79 Å². The molecule has 6 rings (SSSR count). The summed E-state index contributed by atoms with van der Waals surface area (Å²) < 4.78 is 11.7. The number of benzene rings is 4. The molecule has 48 heavy (non-hydrogen) atoms. The zero-order valence-corrected chi connectivity index (χ0v) is 26.4. The van der Waals surface area contributed by atoms with Crippen molar-refractivity contribution in [3.05, 3.63) is 178 Å². The number of fused-ring (bicyclic) bond motifs is 1. The zero-order valence-electron chi connectivity index (χ0n) is 26.4. The first-order valence-corrected chi connectivity index (χ1v) is 15.2. The molecule has 232 valence electrons. The van der Waals surface area contributed by atoms with Crippen molar-refractivity contribution in [3.8, 4) is 12.1 Å². The molecular weight excluding hydrogens is 596 g/mol. The summed E-state index contributed by atoms with van der Waals surface area (Å²) in [6.07, 6.45) is 10.1. The van der Waals surface area contributed by atoms with E-state index in [2.05, 4.69) is 41.3 Å². The van der Waals surface area contributed by atoms with E-state index in [0.717, 1.165) is 33.7 Å². The third-order valence-corrected chi connectivity index (χ3v) is 7.65. The van der Waals surface area contributed by atoms with E-state index in [0.29, 0.717) is 28.2 Å². The number of hydrogen-bond donors (Lipinski definition) is 0. The van der Waals surface area contributed by atoms with Crippen LogP contribution in [-0.2, 0) is 4.74 Å². The van der Waals surface area contributed by atoms with E-state index in [1.54, 1.807) is 36.4 Å². The fourth-order valence-corrected chi connectivity index (χ4v) is 5.20. The predicted molar refractivity (Wildman–Crippen MR) is 192 cm³/mol. The Hall–Kier alpha value is -6.83. The maximum Gasteiger partial charge on any atom is 0.343 e. The predicted octanol–water partition coefficient (Wildman–Crippen LogP) is 9.20. The molecule has 0 amide bonds. The molecule has 0 saturated heterocycles. The lowest BCUT2D eigenvalue weighted by Gasteiger charge is -2.25. The molecule has 0 saturated carbocycles. The molecule has 0 aliphatic carbocycles. The lowest BCUT2D eigenvalue weighted by Crippen LogP contribution is -2.09. The van der Waals surface area contributed by atoms with Gasteiger partial charge in [-0.15, -0.1) is 0 Å². The number of nitrogens with zero attached hydrogens (tertiary/aromatic N) is 4. The Morgan fingerprint density at radius 2 is 1.23 bits per heavy atom. The van der Waals surface area contributed by atoms with Gasteiger partial charge < -0.3 is 19.0 Å². The normalized spacial score (nSPS) is 12.6. The van der Waals surface area contributed by atoms with Gasteiger partial charge in [0.1, 0.15) is 34.8 Å².